The summed E-state index contributed by atoms with van der Waals surface area (Å²) in [6.45, 7) is 5.03. The third-order valence-electron chi connectivity index (χ3n) is 4.51. The van der Waals surface area contributed by atoms with E-state index in [1.807, 2.05) is 6.92 Å². The van der Waals surface area contributed by atoms with Crippen LogP contribution in [0.3, 0.4) is 0 Å². The third kappa shape index (κ3) is 3.30. The maximum absolute atomic E-state index is 13.4. The molecule has 20 heavy (non-hydrogen) atoms. The standard InChI is InChI=1S/C16H25FN2O/c1-3-19(14-7-5-13(18)6-8-14)11(2)15-10-12(17)4-9-16(15)20/h4,9-11,13-14,20H,3,5-8,18H2,1-2H3. The van der Waals surface area contributed by atoms with Gasteiger partial charge in [0.05, 0.1) is 0 Å². The maximum Gasteiger partial charge on any atom is 0.123 e. The van der Waals surface area contributed by atoms with Gasteiger partial charge in [0, 0.05) is 23.7 Å². The zero-order valence-corrected chi connectivity index (χ0v) is 12.3. The first-order valence-corrected chi connectivity index (χ1v) is 7.52. The van der Waals surface area contributed by atoms with E-state index in [1.165, 1.54) is 18.2 Å². The molecule has 0 aliphatic heterocycles. The Hall–Kier alpha value is -1.13. The average molecular weight is 280 g/mol. The molecule has 0 amide bonds. The molecule has 1 fully saturated rings. The van der Waals surface area contributed by atoms with Crippen LogP contribution in [0.1, 0.15) is 51.1 Å². The van der Waals surface area contributed by atoms with Crippen LogP contribution < -0.4 is 5.73 Å². The number of hydrogen-bond acceptors (Lipinski definition) is 3. The highest BCUT2D eigenvalue weighted by atomic mass is 19.1. The van der Waals surface area contributed by atoms with Crippen molar-refractivity contribution in [2.24, 2.45) is 5.73 Å². The smallest absolute Gasteiger partial charge is 0.123 e. The van der Waals surface area contributed by atoms with Crippen molar-refractivity contribution in [3.8, 4) is 5.75 Å². The van der Waals surface area contributed by atoms with Crippen LogP contribution in [0.25, 0.3) is 0 Å². The number of hydrogen-bond donors (Lipinski definition) is 2. The molecule has 0 bridgehead atoms. The first kappa shape index (κ1) is 15.3. The Morgan fingerprint density at radius 1 is 1.35 bits per heavy atom. The molecule has 4 heteroatoms. The zero-order valence-electron chi connectivity index (χ0n) is 12.3. The van der Waals surface area contributed by atoms with Crippen molar-refractivity contribution in [2.45, 2.75) is 57.7 Å². The van der Waals surface area contributed by atoms with E-state index in [-0.39, 0.29) is 17.6 Å². The van der Waals surface area contributed by atoms with Crippen LogP contribution in [-0.2, 0) is 0 Å². The minimum atomic E-state index is -0.300. The normalized spacial score (nSPS) is 24.9. The first-order chi connectivity index (χ1) is 9.52. The summed E-state index contributed by atoms with van der Waals surface area (Å²) in [6, 6.07) is 4.97. The van der Waals surface area contributed by atoms with Gasteiger partial charge in [-0.25, -0.2) is 4.39 Å². The molecule has 0 spiro atoms. The number of halogens is 1. The monoisotopic (exact) mass is 280 g/mol. The Balaban J connectivity index is 2.16. The Morgan fingerprint density at radius 3 is 2.60 bits per heavy atom. The summed E-state index contributed by atoms with van der Waals surface area (Å²) < 4.78 is 13.4. The molecular weight excluding hydrogens is 255 g/mol. The number of benzene rings is 1. The maximum atomic E-state index is 13.4. The summed E-state index contributed by atoms with van der Waals surface area (Å²) in [5, 5.41) is 9.98. The summed E-state index contributed by atoms with van der Waals surface area (Å²) in [4.78, 5) is 2.35. The van der Waals surface area contributed by atoms with Gasteiger partial charge in [-0.3, -0.25) is 4.90 Å². The largest absolute Gasteiger partial charge is 0.508 e. The van der Waals surface area contributed by atoms with E-state index in [2.05, 4.69) is 11.8 Å². The van der Waals surface area contributed by atoms with Crippen molar-refractivity contribution >= 4 is 0 Å². The second-order valence-corrected chi connectivity index (χ2v) is 5.78. The van der Waals surface area contributed by atoms with Gasteiger partial charge in [0.25, 0.3) is 0 Å². The van der Waals surface area contributed by atoms with Gasteiger partial charge in [0.2, 0.25) is 0 Å². The molecule has 1 aromatic rings. The van der Waals surface area contributed by atoms with E-state index in [1.54, 1.807) is 0 Å². The fraction of sp³-hybridized carbons (Fsp3) is 0.625. The number of phenols is 1. The minimum Gasteiger partial charge on any atom is -0.508 e. The van der Waals surface area contributed by atoms with Gasteiger partial charge in [-0.15, -0.1) is 0 Å². The second kappa shape index (κ2) is 6.55. The molecule has 1 aliphatic rings. The van der Waals surface area contributed by atoms with Gasteiger partial charge in [-0.2, -0.15) is 0 Å². The van der Waals surface area contributed by atoms with Gasteiger partial charge in [0.1, 0.15) is 11.6 Å². The van der Waals surface area contributed by atoms with Crippen LogP contribution in [0, 0.1) is 5.82 Å². The molecule has 112 valence electrons. The molecule has 0 saturated heterocycles. The van der Waals surface area contributed by atoms with Crippen LogP contribution in [-0.4, -0.2) is 28.6 Å². The molecule has 3 N–H and O–H groups in total. The fourth-order valence-electron chi connectivity index (χ4n) is 3.32. The summed E-state index contributed by atoms with van der Waals surface area (Å²) in [5.41, 5.74) is 6.63. The molecule has 3 nitrogen and oxygen atoms in total. The summed E-state index contributed by atoms with van der Waals surface area (Å²) in [7, 11) is 0. The molecule has 1 saturated carbocycles. The number of nitrogens with two attached hydrogens (primary N) is 1. The lowest BCUT2D eigenvalue weighted by molar-refractivity contribution is 0.113. The van der Waals surface area contributed by atoms with Crippen LogP contribution in [0.2, 0.25) is 0 Å². The molecule has 1 aliphatic carbocycles. The van der Waals surface area contributed by atoms with E-state index >= 15 is 0 Å². The quantitative estimate of drug-likeness (QED) is 0.890. The highest BCUT2D eigenvalue weighted by Crippen LogP contribution is 2.33. The Labute approximate surface area is 120 Å². The van der Waals surface area contributed by atoms with E-state index in [4.69, 9.17) is 5.73 Å². The van der Waals surface area contributed by atoms with Gasteiger partial charge in [-0.05, 0) is 57.4 Å². The lowest BCUT2D eigenvalue weighted by Gasteiger charge is -2.39. The number of rotatable bonds is 4. The SMILES string of the molecule is CCN(C1CCC(N)CC1)C(C)c1cc(F)ccc1O. The second-order valence-electron chi connectivity index (χ2n) is 5.78. The van der Waals surface area contributed by atoms with E-state index in [9.17, 15) is 9.50 Å². The highest BCUT2D eigenvalue weighted by molar-refractivity contribution is 5.35. The highest BCUT2D eigenvalue weighted by Gasteiger charge is 2.28. The van der Waals surface area contributed by atoms with Crippen LogP contribution in [0.15, 0.2) is 18.2 Å². The summed E-state index contributed by atoms with van der Waals surface area (Å²) >= 11 is 0. The van der Waals surface area contributed by atoms with Crippen molar-refractivity contribution < 1.29 is 9.50 Å². The van der Waals surface area contributed by atoms with Crippen molar-refractivity contribution in [3.05, 3.63) is 29.6 Å². The van der Waals surface area contributed by atoms with E-state index < -0.39 is 0 Å². The predicted octanol–water partition coefficient (Wildman–Crippen LogP) is 3.18. The van der Waals surface area contributed by atoms with E-state index in [0.717, 1.165) is 32.2 Å². The van der Waals surface area contributed by atoms with Gasteiger partial charge >= 0.3 is 0 Å². The van der Waals surface area contributed by atoms with Crippen molar-refractivity contribution in [1.29, 1.82) is 0 Å². The van der Waals surface area contributed by atoms with Gasteiger partial charge in [-0.1, -0.05) is 6.92 Å². The van der Waals surface area contributed by atoms with Crippen molar-refractivity contribution in [3.63, 3.8) is 0 Å². The van der Waals surface area contributed by atoms with Crippen LogP contribution in [0.4, 0.5) is 4.39 Å². The number of phenolic OH excluding ortho intramolecular Hbond substituents is 1. The Morgan fingerprint density at radius 2 is 2.00 bits per heavy atom. The molecule has 2 rings (SSSR count). The molecule has 0 heterocycles. The predicted molar refractivity (Wildman–Crippen MR) is 79.1 cm³/mol. The van der Waals surface area contributed by atoms with Crippen molar-refractivity contribution in [2.75, 3.05) is 6.54 Å². The van der Waals surface area contributed by atoms with Gasteiger partial charge in [0.15, 0.2) is 0 Å². The summed E-state index contributed by atoms with van der Waals surface area (Å²) in [5.74, 6) is -0.128. The molecule has 1 aromatic carbocycles. The third-order valence-corrected chi connectivity index (χ3v) is 4.51. The Kier molecular flexibility index (Phi) is 5.00. The van der Waals surface area contributed by atoms with E-state index in [0.29, 0.717) is 17.6 Å². The average Bonchev–Trinajstić information content (AvgIpc) is 2.44. The zero-order chi connectivity index (χ0) is 14.7. The molecular formula is C16H25FN2O. The lowest BCUT2D eigenvalue weighted by atomic mass is 9.89. The van der Waals surface area contributed by atoms with Gasteiger partial charge < -0.3 is 10.8 Å². The molecule has 0 aromatic heterocycles. The number of aromatic hydroxyl groups is 1. The molecule has 1 unspecified atom stereocenters. The molecule has 0 radical (unpaired) electrons. The topological polar surface area (TPSA) is 49.5 Å². The minimum absolute atomic E-state index is 0.00928. The van der Waals surface area contributed by atoms with Crippen LogP contribution >= 0.6 is 0 Å². The Bertz CT molecular complexity index is 444. The van der Waals surface area contributed by atoms with Crippen LogP contribution in [0.5, 0.6) is 5.75 Å². The molecule has 1 atom stereocenters. The number of nitrogens with zero attached hydrogens (tertiary/aromatic N) is 1. The van der Waals surface area contributed by atoms with Crippen molar-refractivity contribution in [1.82, 2.24) is 4.90 Å². The summed E-state index contributed by atoms with van der Waals surface area (Å²) in [6.07, 6.45) is 4.25. The fourth-order valence-corrected chi connectivity index (χ4v) is 3.32. The lowest BCUT2D eigenvalue weighted by Crippen LogP contribution is -2.42. The first-order valence-electron chi connectivity index (χ1n) is 7.52.